The van der Waals surface area contributed by atoms with Crippen LogP contribution in [0.25, 0.3) is 0 Å². The normalized spacial score (nSPS) is 22.2. The van der Waals surface area contributed by atoms with Crippen molar-refractivity contribution in [1.82, 2.24) is 5.32 Å². The Labute approximate surface area is 126 Å². The van der Waals surface area contributed by atoms with Crippen LogP contribution in [0.1, 0.15) is 30.6 Å². The van der Waals surface area contributed by atoms with Crippen LogP contribution in [0.4, 0.5) is 13.2 Å². The lowest BCUT2D eigenvalue weighted by Gasteiger charge is -2.14. The Hall–Kier alpha value is -1.60. The van der Waals surface area contributed by atoms with Gasteiger partial charge >= 0.3 is 6.18 Å². The van der Waals surface area contributed by atoms with Crippen LogP contribution in [-0.2, 0) is 15.7 Å². The molecule has 122 valence electrons. The van der Waals surface area contributed by atoms with Crippen LogP contribution in [0.2, 0.25) is 0 Å². The molecule has 1 aliphatic rings. The average Bonchev–Trinajstić information content (AvgIpc) is 3.23. The molecule has 0 saturated heterocycles. The van der Waals surface area contributed by atoms with Crippen molar-refractivity contribution in [2.45, 2.75) is 31.7 Å². The Morgan fingerprint density at radius 3 is 2.86 bits per heavy atom. The van der Waals surface area contributed by atoms with E-state index in [1.807, 2.05) is 6.92 Å². The third-order valence-electron chi connectivity index (χ3n) is 3.52. The minimum absolute atomic E-state index is 0.0873. The number of carbonyl (C=O) groups excluding carboxylic acids is 1. The summed E-state index contributed by atoms with van der Waals surface area (Å²) in [6.07, 6.45) is -5.09. The van der Waals surface area contributed by atoms with E-state index in [2.05, 4.69) is 5.32 Å². The van der Waals surface area contributed by atoms with Gasteiger partial charge in [-0.25, -0.2) is 0 Å². The van der Waals surface area contributed by atoms with Crippen LogP contribution in [0.15, 0.2) is 24.3 Å². The molecule has 1 aliphatic carbocycles. The molecule has 0 aliphatic heterocycles. The number of aliphatic hydroxyl groups excluding tert-OH is 1. The summed E-state index contributed by atoms with van der Waals surface area (Å²) in [5.41, 5.74) is -0.707. The Kier molecular flexibility index (Phi) is 5.08. The molecule has 3 unspecified atom stereocenters. The van der Waals surface area contributed by atoms with Crippen LogP contribution < -0.4 is 5.32 Å². The van der Waals surface area contributed by atoms with E-state index in [1.54, 1.807) is 0 Å². The maximum absolute atomic E-state index is 12.6. The van der Waals surface area contributed by atoms with Gasteiger partial charge < -0.3 is 15.2 Å². The molecule has 4 nitrogen and oxygen atoms in total. The number of carbonyl (C=O) groups is 1. The van der Waals surface area contributed by atoms with Crippen molar-refractivity contribution in [3.05, 3.63) is 35.4 Å². The highest BCUT2D eigenvalue weighted by atomic mass is 19.4. The molecular weight excluding hydrogens is 299 g/mol. The quantitative estimate of drug-likeness (QED) is 0.846. The molecule has 0 bridgehead atoms. The summed E-state index contributed by atoms with van der Waals surface area (Å²) in [6.45, 7) is 2.24. The molecule has 0 radical (unpaired) electrons. The van der Waals surface area contributed by atoms with E-state index < -0.39 is 17.8 Å². The minimum atomic E-state index is -4.46. The Morgan fingerprint density at radius 2 is 2.23 bits per heavy atom. The highest BCUT2D eigenvalue weighted by Gasteiger charge is 2.43. The lowest BCUT2D eigenvalue weighted by molar-refractivity contribution is -0.137. The van der Waals surface area contributed by atoms with E-state index in [1.165, 1.54) is 12.1 Å². The highest BCUT2D eigenvalue weighted by molar-refractivity contribution is 5.82. The predicted octanol–water partition coefficient (Wildman–Crippen LogP) is 2.28. The first kappa shape index (κ1) is 16.8. The smallest absolute Gasteiger partial charge is 0.387 e. The van der Waals surface area contributed by atoms with Gasteiger partial charge in [0, 0.05) is 13.2 Å². The van der Waals surface area contributed by atoms with Gasteiger partial charge in [0.25, 0.3) is 0 Å². The lowest BCUT2D eigenvalue weighted by atomic mass is 10.1. The van der Waals surface area contributed by atoms with Crippen LogP contribution in [0.5, 0.6) is 0 Å². The molecule has 22 heavy (non-hydrogen) atoms. The van der Waals surface area contributed by atoms with Gasteiger partial charge in [-0.2, -0.15) is 13.2 Å². The fourth-order valence-electron chi connectivity index (χ4n) is 2.21. The molecule has 7 heteroatoms. The van der Waals surface area contributed by atoms with Gasteiger partial charge in [-0.05, 0) is 31.0 Å². The van der Waals surface area contributed by atoms with E-state index in [9.17, 15) is 23.1 Å². The first-order chi connectivity index (χ1) is 10.3. The average molecular weight is 317 g/mol. The molecule has 1 amide bonds. The molecule has 0 aromatic heterocycles. The largest absolute Gasteiger partial charge is 0.416 e. The first-order valence-electron chi connectivity index (χ1n) is 7.07. The van der Waals surface area contributed by atoms with E-state index in [4.69, 9.17) is 4.74 Å². The van der Waals surface area contributed by atoms with Crippen LogP contribution in [0.3, 0.4) is 0 Å². The first-order valence-corrected chi connectivity index (χ1v) is 7.07. The van der Waals surface area contributed by atoms with E-state index >= 15 is 0 Å². The van der Waals surface area contributed by atoms with Crippen molar-refractivity contribution in [2.75, 3.05) is 13.2 Å². The summed E-state index contributed by atoms with van der Waals surface area (Å²) in [4.78, 5) is 11.8. The predicted molar refractivity (Wildman–Crippen MR) is 72.9 cm³/mol. The van der Waals surface area contributed by atoms with Crippen molar-refractivity contribution in [3.63, 3.8) is 0 Å². The summed E-state index contributed by atoms with van der Waals surface area (Å²) in [7, 11) is 0. The van der Waals surface area contributed by atoms with Gasteiger partial charge in [0.05, 0.1) is 23.7 Å². The van der Waals surface area contributed by atoms with Crippen molar-refractivity contribution < 1.29 is 27.8 Å². The van der Waals surface area contributed by atoms with Gasteiger partial charge in [0.1, 0.15) is 0 Å². The Morgan fingerprint density at radius 1 is 1.50 bits per heavy atom. The summed E-state index contributed by atoms with van der Waals surface area (Å²) < 4.78 is 43.1. The third kappa shape index (κ3) is 4.20. The molecule has 0 heterocycles. The zero-order chi connectivity index (χ0) is 16.3. The number of ether oxygens (including phenoxy) is 1. The molecule has 1 aromatic rings. The number of rotatable bonds is 6. The second-order valence-corrected chi connectivity index (χ2v) is 5.22. The molecular formula is C15H18F3NO3. The van der Waals surface area contributed by atoms with Gasteiger partial charge in [-0.15, -0.1) is 0 Å². The molecule has 2 N–H and O–H groups in total. The van der Waals surface area contributed by atoms with E-state index in [-0.39, 0.29) is 30.0 Å². The molecule has 1 saturated carbocycles. The summed E-state index contributed by atoms with van der Waals surface area (Å²) >= 11 is 0. The third-order valence-corrected chi connectivity index (χ3v) is 3.52. The number of nitrogens with one attached hydrogen (secondary N) is 1. The van der Waals surface area contributed by atoms with Crippen LogP contribution >= 0.6 is 0 Å². The highest BCUT2D eigenvalue weighted by Crippen LogP contribution is 2.34. The van der Waals surface area contributed by atoms with Gasteiger partial charge in [0.2, 0.25) is 5.91 Å². The minimum Gasteiger partial charge on any atom is -0.387 e. The van der Waals surface area contributed by atoms with E-state index in [0.29, 0.717) is 13.0 Å². The zero-order valence-corrected chi connectivity index (χ0v) is 12.1. The second kappa shape index (κ2) is 6.66. The van der Waals surface area contributed by atoms with Crippen molar-refractivity contribution >= 4 is 5.91 Å². The molecule has 0 spiro atoms. The maximum atomic E-state index is 12.6. The zero-order valence-electron chi connectivity index (χ0n) is 12.1. The van der Waals surface area contributed by atoms with Crippen LogP contribution in [0, 0.1) is 5.92 Å². The molecule has 2 rings (SSSR count). The number of halogens is 3. The van der Waals surface area contributed by atoms with Gasteiger partial charge in [-0.3, -0.25) is 4.79 Å². The summed E-state index contributed by atoms with van der Waals surface area (Å²) in [6, 6.07) is 4.45. The molecule has 3 atom stereocenters. The van der Waals surface area contributed by atoms with Crippen molar-refractivity contribution in [2.24, 2.45) is 5.92 Å². The van der Waals surface area contributed by atoms with Gasteiger partial charge in [-0.1, -0.05) is 12.1 Å². The van der Waals surface area contributed by atoms with E-state index in [0.717, 1.165) is 12.1 Å². The summed E-state index contributed by atoms with van der Waals surface area (Å²) in [5.74, 6) is -0.474. The topological polar surface area (TPSA) is 58.6 Å². The molecule has 1 fully saturated rings. The standard InChI is InChI=1S/C15H18F3NO3/c1-2-22-13-7-11(13)14(21)19-8-12(20)9-4-3-5-10(6-9)15(16,17)18/h3-6,11-13,20H,2,7-8H2,1H3,(H,19,21). The summed E-state index contributed by atoms with van der Waals surface area (Å²) in [5, 5.41) is 12.5. The second-order valence-electron chi connectivity index (χ2n) is 5.22. The van der Waals surface area contributed by atoms with Gasteiger partial charge in [0.15, 0.2) is 0 Å². The SMILES string of the molecule is CCOC1CC1C(=O)NCC(O)c1cccc(C(F)(F)F)c1. The van der Waals surface area contributed by atoms with Crippen molar-refractivity contribution in [1.29, 1.82) is 0 Å². The molecule has 1 aromatic carbocycles. The number of aliphatic hydroxyl groups is 1. The Balaban J connectivity index is 1.88. The number of amides is 1. The Bertz CT molecular complexity index is 533. The van der Waals surface area contributed by atoms with Crippen LogP contribution in [-0.4, -0.2) is 30.3 Å². The fourth-order valence-corrected chi connectivity index (χ4v) is 2.21. The fraction of sp³-hybridized carbons (Fsp3) is 0.533. The number of alkyl halides is 3. The van der Waals surface area contributed by atoms with Crippen molar-refractivity contribution in [3.8, 4) is 0 Å². The number of hydrogen-bond donors (Lipinski definition) is 2. The number of hydrogen-bond acceptors (Lipinski definition) is 3. The maximum Gasteiger partial charge on any atom is 0.416 e. The monoisotopic (exact) mass is 317 g/mol. The lowest BCUT2D eigenvalue weighted by Crippen LogP contribution is -2.30. The number of benzene rings is 1.